The van der Waals surface area contributed by atoms with Crippen LogP contribution in [0.5, 0.6) is 0 Å². The van der Waals surface area contributed by atoms with E-state index in [4.69, 9.17) is 0 Å². The normalized spacial score (nSPS) is 13.5. The predicted molar refractivity (Wildman–Crippen MR) is 108 cm³/mol. The van der Waals surface area contributed by atoms with E-state index in [1.807, 2.05) is 52.0 Å². The van der Waals surface area contributed by atoms with Gasteiger partial charge >= 0.3 is 0 Å². The van der Waals surface area contributed by atoms with Gasteiger partial charge in [-0.3, -0.25) is 4.79 Å². The van der Waals surface area contributed by atoms with E-state index in [-0.39, 0.29) is 5.91 Å². The van der Waals surface area contributed by atoms with Crippen LogP contribution in [0.4, 0.5) is 5.82 Å². The SMILES string of the molecule is C\C=C(C)/C=C\C=C\c1cnc(NC(=O)/C(C)=C(/C)CP)cc1C. The molecule has 24 heavy (non-hydrogen) atoms. The number of aryl methyl sites for hydroxylation is 1. The quantitative estimate of drug-likeness (QED) is 0.445. The molecule has 1 unspecified atom stereocenters. The number of rotatable bonds is 6. The lowest BCUT2D eigenvalue weighted by Gasteiger charge is -2.09. The van der Waals surface area contributed by atoms with Crippen molar-refractivity contribution in [2.24, 2.45) is 0 Å². The Kier molecular flexibility index (Phi) is 8.35. The molecule has 3 nitrogen and oxygen atoms in total. The van der Waals surface area contributed by atoms with Crippen molar-refractivity contribution in [3.63, 3.8) is 0 Å². The topological polar surface area (TPSA) is 42.0 Å². The maximum atomic E-state index is 12.2. The highest BCUT2D eigenvalue weighted by molar-refractivity contribution is 7.16. The molecule has 0 aliphatic carbocycles. The standard InChI is InChI=1S/C20H27N2OP/c1-6-14(2)9-7-8-10-18-12-21-19(11-15(18)3)22-20(23)17(5)16(4)13-24/h6-12H,13,24H2,1-5H3,(H,21,22,23)/b9-7-,10-8+,14-6-,17-16-. The zero-order chi connectivity index (χ0) is 18.1. The van der Waals surface area contributed by atoms with Gasteiger partial charge in [-0.15, -0.1) is 9.24 Å². The minimum Gasteiger partial charge on any atom is -0.307 e. The van der Waals surface area contributed by atoms with Crippen LogP contribution in [0.3, 0.4) is 0 Å². The summed E-state index contributed by atoms with van der Waals surface area (Å²) in [6.07, 6.45) is 12.7. The third-order valence-electron chi connectivity index (χ3n) is 3.88. The molecule has 1 N–H and O–H groups in total. The first kappa shape index (κ1) is 20.1. The summed E-state index contributed by atoms with van der Waals surface area (Å²) in [5.41, 5.74) is 5.10. The molecule has 0 bridgehead atoms. The van der Waals surface area contributed by atoms with E-state index in [1.165, 1.54) is 5.57 Å². The second kappa shape index (κ2) is 10.00. The summed E-state index contributed by atoms with van der Waals surface area (Å²) < 4.78 is 0. The molecular formula is C20H27N2OP. The van der Waals surface area contributed by atoms with Crippen LogP contribution in [0, 0.1) is 6.92 Å². The molecule has 1 aromatic heterocycles. The number of anilines is 1. The van der Waals surface area contributed by atoms with Crippen molar-refractivity contribution in [2.45, 2.75) is 34.6 Å². The van der Waals surface area contributed by atoms with Crippen molar-refractivity contribution in [3.8, 4) is 0 Å². The second-order valence-electron chi connectivity index (χ2n) is 5.74. The number of nitrogens with zero attached hydrogens (tertiary/aromatic N) is 1. The van der Waals surface area contributed by atoms with Gasteiger partial charge in [-0.1, -0.05) is 41.5 Å². The molecule has 0 aromatic carbocycles. The number of aromatic nitrogens is 1. The Balaban J connectivity index is 2.83. The molecule has 4 heteroatoms. The number of pyridine rings is 1. The van der Waals surface area contributed by atoms with E-state index in [9.17, 15) is 4.79 Å². The minimum absolute atomic E-state index is 0.102. The van der Waals surface area contributed by atoms with Crippen LogP contribution < -0.4 is 5.32 Å². The van der Waals surface area contributed by atoms with E-state index in [0.29, 0.717) is 5.82 Å². The molecule has 1 aromatic rings. The third-order valence-corrected chi connectivity index (χ3v) is 4.49. The molecule has 0 spiro atoms. The lowest BCUT2D eigenvalue weighted by Crippen LogP contribution is -2.15. The van der Waals surface area contributed by atoms with Gasteiger partial charge in [0.2, 0.25) is 0 Å². The zero-order valence-electron chi connectivity index (χ0n) is 15.2. The predicted octanol–water partition coefficient (Wildman–Crippen LogP) is 5.08. The van der Waals surface area contributed by atoms with E-state index in [1.54, 1.807) is 6.20 Å². The molecular weight excluding hydrogens is 315 g/mol. The number of amides is 1. The lowest BCUT2D eigenvalue weighted by atomic mass is 10.1. The van der Waals surface area contributed by atoms with Crippen LogP contribution in [-0.2, 0) is 4.79 Å². The fourth-order valence-corrected chi connectivity index (χ4v) is 2.14. The summed E-state index contributed by atoms with van der Waals surface area (Å²) in [6, 6.07) is 1.89. The number of hydrogen-bond donors (Lipinski definition) is 1. The molecule has 1 rings (SSSR count). The molecule has 128 valence electrons. The van der Waals surface area contributed by atoms with E-state index in [2.05, 4.69) is 38.6 Å². The van der Waals surface area contributed by atoms with Crippen LogP contribution in [0.25, 0.3) is 6.08 Å². The number of nitrogens with one attached hydrogen (secondary N) is 1. The van der Waals surface area contributed by atoms with Crippen LogP contribution >= 0.6 is 9.24 Å². The van der Waals surface area contributed by atoms with Crippen LogP contribution in [0.1, 0.15) is 38.8 Å². The Morgan fingerprint density at radius 1 is 1.29 bits per heavy atom. The van der Waals surface area contributed by atoms with Crippen molar-refractivity contribution in [3.05, 3.63) is 64.4 Å². The van der Waals surface area contributed by atoms with Crippen molar-refractivity contribution in [1.29, 1.82) is 0 Å². The second-order valence-corrected chi connectivity index (χ2v) is 6.15. The third kappa shape index (κ3) is 6.25. The van der Waals surface area contributed by atoms with Gasteiger partial charge in [-0.05, 0) is 58.0 Å². The molecule has 1 heterocycles. The highest BCUT2D eigenvalue weighted by atomic mass is 31.0. The molecule has 0 saturated carbocycles. The van der Waals surface area contributed by atoms with Crippen molar-refractivity contribution in [1.82, 2.24) is 4.98 Å². The summed E-state index contributed by atoms with van der Waals surface area (Å²) in [6.45, 7) is 9.87. The average Bonchev–Trinajstić information content (AvgIpc) is 2.58. The molecule has 0 fully saturated rings. The summed E-state index contributed by atoms with van der Waals surface area (Å²) >= 11 is 0. The number of carbonyl (C=O) groups is 1. The summed E-state index contributed by atoms with van der Waals surface area (Å²) in [5.74, 6) is 0.473. The first-order valence-corrected chi connectivity index (χ1v) is 8.82. The van der Waals surface area contributed by atoms with Crippen molar-refractivity contribution >= 4 is 27.0 Å². The fraction of sp³-hybridized carbons (Fsp3) is 0.300. The highest BCUT2D eigenvalue weighted by Crippen LogP contribution is 2.15. The summed E-state index contributed by atoms with van der Waals surface area (Å²) in [4.78, 5) is 16.5. The smallest absolute Gasteiger partial charge is 0.252 e. The van der Waals surface area contributed by atoms with Crippen molar-refractivity contribution < 1.29 is 4.79 Å². The molecule has 0 aliphatic rings. The van der Waals surface area contributed by atoms with E-state index in [0.717, 1.165) is 28.4 Å². The number of hydrogen-bond acceptors (Lipinski definition) is 2. The van der Waals surface area contributed by atoms with Gasteiger partial charge < -0.3 is 5.32 Å². The summed E-state index contributed by atoms with van der Waals surface area (Å²) in [5, 5.41) is 2.85. The molecule has 0 saturated heterocycles. The lowest BCUT2D eigenvalue weighted by molar-refractivity contribution is -0.112. The van der Waals surface area contributed by atoms with E-state index >= 15 is 0 Å². The Bertz CT molecular complexity index is 712. The average molecular weight is 342 g/mol. The van der Waals surface area contributed by atoms with E-state index < -0.39 is 0 Å². The number of carbonyl (C=O) groups excluding carboxylic acids is 1. The van der Waals surface area contributed by atoms with Crippen LogP contribution in [0.2, 0.25) is 0 Å². The van der Waals surface area contributed by atoms with Gasteiger partial charge in [-0.25, -0.2) is 4.98 Å². The first-order valence-electron chi connectivity index (χ1n) is 8.01. The molecule has 1 atom stereocenters. The summed E-state index contributed by atoms with van der Waals surface area (Å²) in [7, 11) is 2.63. The maximum absolute atomic E-state index is 12.2. The van der Waals surface area contributed by atoms with Crippen molar-refractivity contribution in [2.75, 3.05) is 11.5 Å². The van der Waals surface area contributed by atoms with Gasteiger partial charge in [-0.2, -0.15) is 0 Å². The van der Waals surface area contributed by atoms with Gasteiger partial charge in [0.05, 0.1) is 0 Å². The Morgan fingerprint density at radius 2 is 2.00 bits per heavy atom. The first-order chi connectivity index (χ1) is 11.4. The largest absolute Gasteiger partial charge is 0.307 e. The Labute approximate surface area is 147 Å². The Morgan fingerprint density at radius 3 is 2.58 bits per heavy atom. The van der Waals surface area contributed by atoms with Gasteiger partial charge in [0.15, 0.2) is 0 Å². The van der Waals surface area contributed by atoms with Crippen LogP contribution in [-0.4, -0.2) is 17.1 Å². The Hall–Kier alpha value is -1.99. The highest BCUT2D eigenvalue weighted by Gasteiger charge is 2.08. The number of allylic oxidation sites excluding steroid dienone is 6. The fourth-order valence-electron chi connectivity index (χ4n) is 1.83. The van der Waals surface area contributed by atoms with Crippen LogP contribution in [0.15, 0.2) is 53.3 Å². The van der Waals surface area contributed by atoms with Gasteiger partial charge in [0, 0.05) is 11.8 Å². The zero-order valence-corrected chi connectivity index (χ0v) is 16.3. The monoisotopic (exact) mass is 342 g/mol. The minimum atomic E-state index is -0.102. The molecule has 0 radical (unpaired) electrons. The molecule has 1 amide bonds. The van der Waals surface area contributed by atoms with Gasteiger partial charge in [0.25, 0.3) is 5.91 Å². The van der Waals surface area contributed by atoms with Gasteiger partial charge in [0.1, 0.15) is 5.82 Å². The molecule has 0 aliphatic heterocycles. The maximum Gasteiger partial charge on any atom is 0.252 e.